The van der Waals surface area contributed by atoms with E-state index in [0.29, 0.717) is 35.5 Å². The zero-order valence-electron chi connectivity index (χ0n) is 19.3. The molecule has 2 heterocycles. The first-order chi connectivity index (χ1) is 16.3. The number of piperidine rings is 1. The van der Waals surface area contributed by atoms with Crippen LogP contribution in [0.1, 0.15) is 32.0 Å². The number of aromatic nitrogens is 2. The largest absolute Gasteiger partial charge is 0.325 e. The average Bonchev–Trinajstić information content (AvgIpc) is 2.84. The third kappa shape index (κ3) is 5.19. The van der Waals surface area contributed by atoms with Gasteiger partial charge in [-0.15, -0.1) is 0 Å². The summed E-state index contributed by atoms with van der Waals surface area (Å²) in [6.45, 7) is 3.12. The van der Waals surface area contributed by atoms with Crippen LogP contribution in [0.25, 0.3) is 10.9 Å². The second-order valence-electron chi connectivity index (χ2n) is 8.60. The molecule has 1 aromatic heterocycles. The number of hydrogen-bond donors (Lipinski definition) is 2. The number of anilines is 1. The number of H-pyrrole nitrogens is 1. The lowest BCUT2D eigenvalue weighted by molar-refractivity contribution is -0.120. The van der Waals surface area contributed by atoms with Crippen molar-refractivity contribution in [1.82, 2.24) is 19.2 Å². The summed E-state index contributed by atoms with van der Waals surface area (Å²) in [5.41, 5.74) is 0.900. The molecule has 1 aliphatic heterocycles. The summed E-state index contributed by atoms with van der Waals surface area (Å²) in [5.74, 6) is 0.218. The molecule has 1 saturated heterocycles. The third-order valence-electron chi connectivity index (χ3n) is 6.18. The maximum Gasteiger partial charge on any atom is 0.258 e. The first-order valence-electron chi connectivity index (χ1n) is 11.3. The molecule has 180 valence electrons. The third-order valence-corrected chi connectivity index (χ3v) is 8.09. The van der Waals surface area contributed by atoms with Gasteiger partial charge in [0.1, 0.15) is 5.82 Å². The minimum Gasteiger partial charge on any atom is -0.325 e. The van der Waals surface area contributed by atoms with Gasteiger partial charge in [-0.1, -0.05) is 18.6 Å². The van der Waals surface area contributed by atoms with Gasteiger partial charge in [0.05, 0.1) is 28.4 Å². The first-order valence-corrected chi connectivity index (χ1v) is 12.8. The lowest BCUT2D eigenvalue weighted by Gasteiger charge is -2.26. The lowest BCUT2D eigenvalue weighted by Crippen LogP contribution is -2.39. The van der Waals surface area contributed by atoms with Crippen LogP contribution < -0.4 is 10.9 Å². The molecular formula is C24H29N5O4S. The van der Waals surface area contributed by atoms with Gasteiger partial charge in [0.2, 0.25) is 15.9 Å². The molecule has 2 N–H and O–H groups in total. The Balaban J connectivity index is 1.39. The van der Waals surface area contributed by atoms with Crippen LogP contribution in [0.15, 0.2) is 58.2 Å². The fourth-order valence-electron chi connectivity index (χ4n) is 3.99. The number of nitrogens with one attached hydrogen (secondary N) is 2. The summed E-state index contributed by atoms with van der Waals surface area (Å²) >= 11 is 0. The molecule has 1 fully saturated rings. The van der Waals surface area contributed by atoms with E-state index in [1.165, 1.54) is 16.4 Å². The Morgan fingerprint density at radius 2 is 1.79 bits per heavy atom. The normalized spacial score (nSPS) is 16.0. The topological polar surface area (TPSA) is 115 Å². The van der Waals surface area contributed by atoms with E-state index in [1.807, 2.05) is 6.07 Å². The summed E-state index contributed by atoms with van der Waals surface area (Å²) in [7, 11) is -1.74. The summed E-state index contributed by atoms with van der Waals surface area (Å²) in [4.78, 5) is 34.3. The molecular weight excluding hydrogens is 454 g/mol. The van der Waals surface area contributed by atoms with Crippen molar-refractivity contribution in [3.8, 4) is 0 Å². The molecule has 9 nitrogen and oxygen atoms in total. The van der Waals surface area contributed by atoms with Crippen molar-refractivity contribution in [1.29, 1.82) is 0 Å². The number of nitrogens with zero attached hydrogens (tertiary/aromatic N) is 3. The zero-order valence-corrected chi connectivity index (χ0v) is 20.1. The monoisotopic (exact) mass is 483 g/mol. The fourth-order valence-corrected chi connectivity index (χ4v) is 5.51. The Morgan fingerprint density at radius 3 is 2.50 bits per heavy atom. The molecule has 0 bridgehead atoms. The van der Waals surface area contributed by atoms with Crippen LogP contribution in [0.5, 0.6) is 0 Å². The molecule has 1 amide bonds. The van der Waals surface area contributed by atoms with E-state index in [9.17, 15) is 18.0 Å². The fraction of sp³-hybridized carbons (Fsp3) is 0.375. The molecule has 3 aromatic rings. The molecule has 10 heteroatoms. The number of para-hydroxylation sites is 1. The summed E-state index contributed by atoms with van der Waals surface area (Å²) in [5, 5.41) is 3.35. The van der Waals surface area contributed by atoms with E-state index in [1.54, 1.807) is 49.2 Å². The Morgan fingerprint density at radius 1 is 1.12 bits per heavy atom. The number of carbonyl (C=O) groups is 1. The van der Waals surface area contributed by atoms with E-state index < -0.39 is 16.1 Å². The molecule has 4 rings (SSSR count). The second-order valence-corrected chi connectivity index (χ2v) is 10.5. The second kappa shape index (κ2) is 10.0. The van der Waals surface area contributed by atoms with Crippen molar-refractivity contribution in [3.63, 3.8) is 0 Å². The van der Waals surface area contributed by atoms with Gasteiger partial charge in [0.15, 0.2) is 0 Å². The molecule has 0 aliphatic carbocycles. The van der Waals surface area contributed by atoms with Crippen LogP contribution in [0, 0.1) is 0 Å². The zero-order chi connectivity index (χ0) is 24.3. The highest BCUT2D eigenvalue weighted by molar-refractivity contribution is 7.89. The molecule has 0 saturated carbocycles. The van der Waals surface area contributed by atoms with Crippen LogP contribution in [0.3, 0.4) is 0 Å². The van der Waals surface area contributed by atoms with E-state index in [4.69, 9.17) is 0 Å². The maximum absolute atomic E-state index is 12.8. The molecule has 0 spiro atoms. The molecule has 1 aliphatic rings. The van der Waals surface area contributed by atoms with Crippen LogP contribution >= 0.6 is 0 Å². The predicted octanol–water partition coefficient (Wildman–Crippen LogP) is 2.56. The SMILES string of the molecule is CC(C(=O)Nc1ccc(S(=O)(=O)N2CCCCC2)cc1)N(C)Cc1nc2ccccc2c(=O)[nH]1. The van der Waals surface area contributed by atoms with E-state index >= 15 is 0 Å². The number of aromatic amines is 1. The number of benzene rings is 2. The van der Waals surface area contributed by atoms with Gasteiger partial charge >= 0.3 is 0 Å². The number of fused-ring (bicyclic) bond motifs is 1. The van der Waals surface area contributed by atoms with Gasteiger partial charge in [-0.25, -0.2) is 13.4 Å². The molecule has 2 aromatic carbocycles. The Bertz CT molecular complexity index is 1330. The van der Waals surface area contributed by atoms with Crippen LogP contribution in [-0.2, 0) is 21.4 Å². The quantitative estimate of drug-likeness (QED) is 0.534. The standard InChI is InChI=1S/C24H29N5O4S/c1-17(28(2)16-22-26-21-9-5-4-8-20(21)24(31)27-22)23(30)25-18-10-12-19(13-11-18)34(32,33)29-14-6-3-7-15-29/h4-5,8-13,17H,3,6-7,14-16H2,1-2H3,(H,25,30)(H,26,27,31). The van der Waals surface area contributed by atoms with Crippen molar-refractivity contribution < 1.29 is 13.2 Å². The number of sulfonamides is 1. The van der Waals surface area contributed by atoms with Gasteiger partial charge in [-0.05, 0) is 63.2 Å². The number of likely N-dealkylation sites (N-methyl/N-ethyl adjacent to an activating group) is 1. The number of hydrogen-bond acceptors (Lipinski definition) is 6. The molecule has 34 heavy (non-hydrogen) atoms. The molecule has 1 unspecified atom stereocenters. The van der Waals surface area contributed by atoms with E-state index in [-0.39, 0.29) is 22.9 Å². The first kappa shape index (κ1) is 24.1. The van der Waals surface area contributed by atoms with Crippen LogP contribution in [-0.4, -0.2) is 59.7 Å². The van der Waals surface area contributed by atoms with Crippen molar-refractivity contribution in [3.05, 3.63) is 64.7 Å². The highest BCUT2D eigenvalue weighted by atomic mass is 32.2. The van der Waals surface area contributed by atoms with Gasteiger partial charge in [0, 0.05) is 18.8 Å². The van der Waals surface area contributed by atoms with Gasteiger partial charge < -0.3 is 10.3 Å². The van der Waals surface area contributed by atoms with E-state index in [2.05, 4.69) is 15.3 Å². The Labute approximate surface area is 198 Å². The summed E-state index contributed by atoms with van der Waals surface area (Å²) < 4.78 is 27.1. The maximum atomic E-state index is 12.8. The number of rotatable bonds is 7. The highest BCUT2D eigenvalue weighted by Gasteiger charge is 2.26. The van der Waals surface area contributed by atoms with E-state index in [0.717, 1.165) is 19.3 Å². The van der Waals surface area contributed by atoms with Crippen molar-refractivity contribution >= 4 is 32.5 Å². The number of carbonyl (C=O) groups excluding carboxylic acids is 1. The van der Waals surface area contributed by atoms with Crippen molar-refractivity contribution in [2.24, 2.45) is 0 Å². The van der Waals surface area contributed by atoms with Gasteiger partial charge in [0.25, 0.3) is 5.56 Å². The minimum atomic E-state index is -3.51. The van der Waals surface area contributed by atoms with Crippen molar-refractivity contribution in [2.75, 3.05) is 25.5 Å². The molecule has 1 atom stereocenters. The Hall–Kier alpha value is -3.08. The van der Waals surface area contributed by atoms with Gasteiger partial charge in [-0.3, -0.25) is 14.5 Å². The summed E-state index contributed by atoms with van der Waals surface area (Å²) in [6.07, 6.45) is 2.80. The smallest absolute Gasteiger partial charge is 0.258 e. The number of amides is 1. The van der Waals surface area contributed by atoms with Crippen LogP contribution in [0.2, 0.25) is 0 Å². The minimum absolute atomic E-state index is 0.217. The lowest BCUT2D eigenvalue weighted by atomic mass is 10.2. The van der Waals surface area contributed by atoms with Crippen molar-refractivity contribution in [2.45, 2.75) is 43.7 Å². The highest BCUT2D eigenvalue weighted by Crippen LogP contribution is 2.22. The van der Waals surface area contributed by atoms with Gasteiger partial charge in [-0.2, -0.15) is 4.31 Å². The van der Waals surface area contributed by atoms with Crippen LogP contribution in [0.4, 0.5) is 5.69 Å². The Kier molecular flexibility index (Phi) is 7.11. The molecule has 0 radical (unpaired) electrons. The summed E-state index contributed by atoms with van der Waals surface area (Å²) in [6, 6.07) is 12.8. The predicted molar refractivity (Wildman–Crippen MR) is 131 cm³/mol. The average molecular weight is 484 g/mol.